The molecule has 1 nitrogen and oxygen atoms in total. The zero-order valence-corrected chi connectivity index (χ0v) is 7.18. The van der Waals surface area contributed by atoms with E-state index < -0.39 is 0 Å². The van der Waals surface area contributed by atoms with E-state index in [0.717, 1.165) is 12.8 Å². The van der Waals surface area contributed by atoms with Crippen molar-refractivity contribution >= 4 is 11.5 Å². The van der Waals surface area contributed by atoms with Crippen LogP contribution in [0.2, 0.25) is 0 Å². The minimum atomic E-state index is 1.04. The van der Waals surface area contributed by atoms with Gasteiger partial charge in [0.15, 0.2) is 0 Å². The number of rotatable bonds is 4. The van der Waals surface area contributed by atoms with E-state index in [9.17, 15) is 0 Å². The molecule has 0 bridgehead atoms. The summed E-state index contributed by atoms with van der Waals surface area (Å²) in [4.78, 5) is 0. The molecule has 0 fully saturated rings. The minimum absolute atomic E-state index is 1.04. The third-order valence-electron chi connectivity index (χ3n) is 1.33. The molecule has 0 unspecified atom stereocenters. The van der Waals surface area contributed by atoms with Gasteiger partial charge in [-0.1, -0.05) is 24.8 Å². The highest BCUT2D eigenvalue weighted by Gasteiger charge is 1.90. The maximum Gasteiger partial charge on any atom is 0.0545 e. The zero-order valence-electron chi connectivity index (χ0n) is 6.36. The SMILES string of the molecule is C=CC=CCCc1ccsn1. The molecule has 1 aromatic heterocycles. The van der Waals surface area contributed by atoms with E-state index in [2.05, 4.69) is 23.1 Å². The van der Waals surface area contributed by atoms with E-state index in [-0.39, 0.29) is 0 Å². The summed E-state index contributed by atoms with van der Waals surface area (Å²) < 4.78 is 4.20. The fourth-order valence-corrected chi connectivity index (χ4v) is 1.36. The Kier molecular flexibility index (Phi) is 3.62. The largest absolute Gasteiger partial charge is 0.198 e. The number of allylic oxidation sites excluding steroid dienone is 3. The molecule has 0 radical (unpaired) electrons. The van der Waals surface area contributed by atoms with Crippen LogP contribution in [0.15, 0.2) is 36.3 Å². The summed E-state index contributed by atoms with van der Waals surface area (Å²) in [6, 6.07) is 2.06. The third-order valence-corrected chi connectivity index (χ3v) is 1.93. The maximum absolute atomic E-state index is 4.20. The molecule has 11 heavy (non-hydrogen) atoms. The Hall–Kier alpha value is -0.890. The quantitative estimate of drug-likeness (QED) is 0.625. The Bertz CT molecular complexity index is 224. The molecular weight excluding hydrogens is 154 g/mol. The lowest BCUT2D eigenvalue weighted by Crippen LogP contribution is -1.80. The van der Waals surface area contributed by atoms with Gasteiger partial charge in [0.05, 0.1) is 5.69 Å². The van der Waals surface area contributed by atoms with Crippen molar-refractivity contribution in [3.63, 3.8) is 0 Å². The molecule has 0 aliphatic rings. The van der Waals surface area contributed by atoms with Crippen molar-refractivity contribution < 1.29 is 0 Å². The lowest BCUT2D eigenvalue weighted by molar-refractivity contribution is 0.971. The molecule has 0 aromatic carbocycles. The Balaban J connectivity index is 2.23. The first-order valence-corrected chi connectivity index (χ1v) is 4.44. The monoisotopic (exact) mass is 165 g/mol. The van der Waals surface area contributed by atoms with E-state index >= 15 is 0 Å². The highest BCUT2D eigenvalue weighted by Crippen LogP contribution is 2.03. The zero-order chi connectivity index (χ0) is 7.94. The lowest BCUT2D eigenvalue weighted by atomic mass is 10.2. The summed E-state index contributed by atoms with van der Waals surface area (Å²) in [5.41, 5.74) is 1.18. The van der Waals surface area contributed by atoms with Gasteiger partial charge in [0.2, 0.25) is 0 Å². The van der Waals surface area contributed by atoms with Gasteiger partial charge in [-0.3, -0.25) is 0 Å². The van der Waals surface area contributed by atoms with Gasteiger partial charge in [-0.25, -0.2) is 0 Å². The van der Waals surface area contributed by atoms with Gasteiger partial charge in [0.1, 0.15) is 0 Å². The Morgan fingerprint density at radius 3 is 3.18 bits per heavy atom. The molecule has 0 N–H and O–H groups in total. The molecule has 0 aliphatic heterocycles. The molecule has 1 aromatic rings. The van der Waals surface area contributed by atoms with Crippen LogP contribution in [0.5, 0.6) is 0 Å². The second-order valence-electron chi connectivity index (χ2n) is 2.19. The molecular formula is C9H11NS. The van der Waals surface area contributed by atoms with Crippen LogP contribution in [0, 0.1) is 0 Å². The maximum atomic E-state index is 4.20. The van der Waals surface area contributed by atoms with Crippen molar-refractivity contribution in [2.24, 2.45) is 0 Å². The first-order valence-electron chi connectivity index (χ1n) is 3.60. The van der Waals surface area contributed by atoms with E-state index in [4.69, 9.17) is 0 Å². The van der Waals surface area contributed by atoms with Crippen LogP contribution in [0.25, 0.3) is 0 Å². The van der Waals surface area contributed by atoms with E-state index in [1.165, 1.54) is 17.2 Å². The molecule has 2 heteroatoms. The van der Waals surface area contributed by atoms with Crippen molar-refractivity contribution in [3.8, 4) is 0 Å². The summed E-state index contributed by atoms with van der Waals surface area (Å²) in [6.45, 7) is 3.59. The Morgan fingerprint density at radius 1 is 1.64 bits per heavy atom. The second-order valence-corrected chi connectivity index (χ2v) is 2.86. The number of hydrogen-bond acceptors (Lipinski definition) is 2. The smallest absolute Gasteiger partial charge is 0.0545 e. The van der Waals surface area contributed by atoms with Crippen LogP contribution in [-0.4, -0.2) is 4.37 Å². The number of nitrogens with zero attached hydrogens (tertiary/aromatic N) is 1. The molecule has 0 spiro atoms. The van der Waals surface area contributed by atoms with Crippen LogP contribution >= 0.6 is 11.5 Å². The van der Waals surface area contributed by atoms with E-state index in [1.807, 2.05) is 11.5 Å². The summed E-state index contributed by atoms with van der Waals surface area (Å²) in [7, 11) is 0. The van der Waals surface area contributed by atoms with Gasteiger partial charge in [0, 0.05) is 5.38 Å². The predicted octanol–water partition coefficient (Wildman–Crippen LogP) is 2.82. The van der Waals surface area contributed by atoms with Crippen molar-refractivity contribution in [1.82, 2.24) is 4.37 Å². The molecule has 0 atom stereocenters. The average Bonchev–Trinajstić information content (AvgIpc) is 2.50. The van der Waals surface area contributed by atoms with Crippen molar-refractivity contribution in [1.29, 1.82) is 0 Å². The molecule has 0 saturated carbocycles. The van der Waals surface area contributed by atoms with Crippen molar-refractivity contribution in [2.45, 2.75) is 12.8 Å². The van der Waals surface area contributed by atoms with Crippen LogP contribution in [0.4, 0.5) is 0 Å². The molecule has 1 heterocycles. The Labute approximate surface area is 71.2 Å². The summed E-state index contributed by atoms with van der Waals surface area (Å²) in [6.07, 6.45) is 7.95. The van der Waals surface area contributed by atoms with Gasteiger partial charge in [-0.2, -0.15) is 4.37 Å². The molecule has 1 rings (SSSR count). The highest BCUT2D eigenvalue weighted by molar-refractivity contribution is 7.03. The van der Waals surface area contributed by atoms with Crippen molar-refractivity contribution in [3.05, 3.63) is 41.9 Å². The molecule has 0 amide bonds. The second kappa shape index (κ2) is 4.85. The summed E-state index contributed by atoms with van der Waals surface area (Å²) >= 11 is 1.51. The number of aromatic nitrogens is 1. The van der Waals surface area contributed by atoms with Crippen LogP contribution in [0.3, 0.4) is 0 Å². The normalized spacial score (nSPS) is 10.5. The summed E-state index contributed by atoms with van der Waals surface area (Å²) in [5, 5.41) is 2.01. The van der Waals surface area contributed by atoms with Gasteiger partial charge >= 0.3 is 0 Å². The molecule has 0 saturated heterocycles. The van der Waals surface area contributed by atoms with Gasteiger partial charge in [-0.05, 0) is 30.4 Å². The minimum Gasteiger partial charge on any atom is -0.198 e. The van der Waals surface area contributed by atoms with Gasteiger partial charge in [0.25, 0.3) is 0 Å². The van der Waals surface area contributed by atoms with Gasteiger partial charge in [-0.15, -0.1) is 0 Å². The Morgan fingerprint density at radius 2 is 2.55 bits per heavy atom. The molecule has 0 aliphatic carbocycles. The first-order chi connectivity index (χ1) is 5.43. The van der Waals surface area contributed by atoms with Crippen LogP contribution in [0.1, 0.15) is 12.1 Å². The van der Waals surface area contributed by atoms with Crippen LogP contribution < -0.4 is 0 Å². The topological polar surface area (TPSA) is 12.9 Å². The fourth-order valence-electron chi connectivity index (χ4n) is 0.790. The third kappa shape index (κ3) is 3.14. The summed E-state index contributed by atoms with van der Waals surface area (Å²) in [5.74, 6) is 0. The number of hydrogen-bond donors (Lipinski definition) is 0. The van der Waals surface area contributed by atoms with E-state index in [1.54, 1.807) is 6.08 Å². The highest BCUT2D eigenvalue weighted by atomic mass is 32.1. The standard InChI is InChI=1S/C9H11NS/c1-2-3-4-5-6-9-7-8-11-10-9/h2-4,7-8H,1,5-6H2. The van der Waals surface area contributed by atoms with Crippen molar-refractivity contribution in [2.75, 3.05) is 0 Å². The molecule has 58 valence electrons. The lowest BCUT2D eigenvalue weighted by Gasteiger charge is -1.87. The van der Waals surface area contributed by atoms with Gasteiger partial charge < -0.3 is 0 Å². The predicted molar refractivity (Wildman–Crippen MR) is 49.8 cm³/mol. The number of aryl methyl sites for hydroxylation is 1. The average molecular weight is 165 g/mol. The van der Waals surface area contributed by atoms with E-state index in [0.29, 0.717) is 0 Å². The first kappa shape index (κ1) is 8.21. The fraction of sp³-hybridized carbons (Fsp3) is 0.222. The van der Waals surface area contributed by atoms with Crippen LogP contribution in [-0.2, 0) is 6.42 Å².